The Morgan fingerprint density at radius 3 is 2.56 bits per heavy atom. The van der Waals surface area contributed by atoms with Crippen molar-refractivity contribution in [3.8, 4) is 0 Å². The van der Waals surface area contributed by atoms with Gasteiger partial charge in [0.1, 0.15) is 18.1 Å². The molecule has 1 N–H and O–H groups in total. The normalized spacial score (nSPS) is 11.7. The fourth-order valence-electron chi connectivity index (χ4n) is 2.69. The van der Waals surface area contributed by atoms with E-state index in [1.165, 1.54) is 7.11 Å². The molecule has 0 aliphatic rings. The highest BCUT2D eigenvalue weighted by Gasteiger charge is 2.22. The van der Waals surface area contributed by atoms with Gasteiger partial charge in [0.2, 0.25) is 5.91 Å². The predicted octanol–water partition coefficient (Wildman–Crippen LogP) is 0.692. The van der Waals surface area contributed by atoms with Gasteiger partial charge in [0.15, 0.2) is 0 Å². The van der Waals surface area contributed by atoms with E-state index in [0.29, 0.717) is 10.9 Å². The van der Waals surface area contributed by atoms with Crippen molar-refractivity contribution in [3.63, 3.8) is 0 Å². The maximum Gasteiger partial charge on any atom is 0.328 e. The molecular formula is C19H18N4O4. The van der Waals surface area contributed by atoms with Gasteiger partial charge in [-0.2, -0.15) is 0 Å². The van der Waals surface area contributed by atoms with Gasteiger partial charge in [-0.15, -0.1) is 5.10 Å². The Labute approximate surface area is 154 Å². The average molecular weight is 366 g/mol. The lowest BCUT2D eigenvalue weighted by Gasteiger charge is -2.16. The number of hydrogen-bond donors (Lipinski definition) is 1. The third-order valence-corrected chi connectivity index (χ3v) is 4.03. The summed E-state index contributed by atoms with van der Waals surface area (Å²) in [6, 6.07) is 15.1. The number of fused-ring (bicyclic) bond motifs is 1. The Morgan fingerprint density at radius 2 is 1.81 bits per heavy atom. The van der Waals surface area contributed by atoms with Crippen LogP contribution in [0.3, 0.4) is 0 Å². The van der Waals surface area contributed by atoms with Crippen LogP contribution in [-0.4, -0.2) is 40.0 Å². The smallest absolute Gasteiger partial charge is 0.328 e. The van der Waals surface area contributed by atoms with E-state index in [2.05, 4.69) is 15.6 Å². The molecule has 3 rings (SSSR count). The minimum Gasteiger partial charge on any atom is -0.467 e. The molecule has 2 aromatic carbocycles. The van der Waals surface area contributed by atoms with Crippen molar-refractivity contribution in [1.82, 2.24) is 20.3 Å². The first kappa shape index (κ1) is 18.2. The van der Waals surface area contributed by atoms with Gasteiger partial charge in [0, 0.05) is 6.42 Å². The van der Waals surface area contributed by atoms with E-state index in [1.807, 2.05) is 30.3 Å². The lowest BCUT2D eigenvalue weighted by Crippen LogP contribution is -2.45. The lowest BCUT2D eigenvalue weighted by molar-refractivity contribution is -0.145. The zero-order chi connectivity index (χ0) is 19.2. The number of ether oxygens (including phenoxy) is 1. The van der Waals surface area contributed by atoms with Crippen LogP contribution in [0.4, 0.5) is 0 Å². The number of carbonyl (C=O) groups excluding carboxylic acids is 2. The van der Waals surface area contributed by atoms with E-state index in [4.69, 9.17) is 4.74 Å². The van der Waals surface area contributed by atoms with Crippen molar-refractivity contribution in [2.45, 2.75) is 19.0 Å². The van der Waals surface area contributed by atoms with Crippen LogP contribution in [-0.2, 0) is 27.3 Å². The van der Waals surface area contributed by atoms with Crippen LogP contribution in [0, 0.1) is 0 Å². The highest BCUT2D eigenvalue weighted by Crippen LogP contribution is 2.05. The number of hydrogen-bond acceptors (Lipinski definition) is 6. The molecule has 0 spiro atoms. The lowest BCUT2D eigenvalue weighted by atomic mass is 10.1. The van der Waals surface area contributed by atoms with Crippen molar-refractivity contribution >= 4 is 22.8 Å². The topological polar surface area (TPSA) is 103 Å². The summed E-state index contributed by atoms with van der Waals surface area (Å²) in [6.07, 6.45) is 0.275. The average Bonchev–Trinajstić information content (AvgIpc) is 2.70. The molecule has 0 bridgehead atoms. The zero-order valence-corrected chi connectivity index (χ0v) is 14.7. The number of nitrogens with zero attached hydrogens (tertiary/aromatic N) is 3. The second kappa shape index (κ2) is 8.22. The molecule has 138 valence electrons. The summed E-state index contributed by atoms with van der Waals surface area (Å²) >= 11 is 0. The number of aromatic nitrogens is 3. The molecule has 3 aromatic rings. The summed E-state index contributed by atoms with van der Waals surface area (Å²) in [5, 5.41) is 10.7. The Balaban J connectivity index is 1.75. The van der Waals surface area contributed by atoms with Gasteiger partial charge in [-0.1, -0.05) is 47.7 Å². The number of nitrogens with one attached hydrogen (secondary N) is 1. The summed E-state index contributed by atoms with van der Waals surface area (Å²) in [7, 11) is 1.26. The number of rotatable bonds is 6. The van der Waals surface area contributed by atoms with Gasteiger partial charge in [-0.25, -0.2) is 9.48 Å². The van der Waals surface area contributed by atoms with Crippen LogP contribution in [0.1, 0.15) is 5.56 Å². The summed E-state index contributed by atoms with van der Waals surface area (Å²) in [6.45, 7) is -0.348. The fourth-order valence-corrected chi connectivity index (χ4v) is 2.69. The monoisotopic (exact) mass is 366 g/mol. The number of carbonyl (C=O) groups is 2. The molecule has 0 aliphatic carbocycles. The van der Waals surface area contributed by atoms with E-state index >= 15 is 0 Å². The molecule has 8 heteroatoms. The molecule has 0 saturated carbocycles. The van der Waals surface area contributed by atoms with Gasteiger partial charge in [-0.05, 0) is 17.7 Å². The molecule has 1 amide bonds. The van der Waals surface area contributed by atoms with E-state index in [0.717, 1.165) is 10.2 Å². The van der Waals surface area contributed by atoms with Gasteiger partial charge >= 0.3 is 5.97 Å². The number of benzene rings is 2. The van der Waals surface area contributed by atoms with Crippen LogP contribution in [0.5, 0.6) is 0 Å². The highest BCUT2D eigenvalue weighted by molar-refractivity contribution is 5.84. The third kappa shape index (κ3) is 4.35. The quantitative estimate of drug-likeness (QED) is 0.644. The van der Waals surface area contributed by atoms with E-state index < -0.39 is 23.5 Å². The maximum absolute atomic E-state index is 12.4. The van der Waals surface area contributed by atoms with Crippen molar-refractivity contribution in [2.75, 3.05) is 7.11 Å². The van der Waals surface area contributed by atoms with E-state index in [9.17, 15) is 14.4 Å². The van der Waals surface area contributed by atoms with E-state index in [-0.39, 0.29) is 13.0 Å². The molecule has 0 unspecified atom stereocenters. The second-order valence-corrected chi connectivity index (χ2v) is 5.90. The van der Waals surface area contributed by atoms with E-state index in [1.54, 1.807) is 24.3 Å². The third-order valence-electron chi connectivity index (χ3n) is 4.03. The molecule has 27 heavy (non-hydrogen) atoms. The van der Waals surface area contributed by atoms with Crippen LogP contribution >= 0.6 is 0 Å². The molecule has 0 radical (unpaired) electrons. The Bertz CT molecular complexity index is 1020. The minimum absolute atomic E-state index is 0.275. The fraction of sp³-hybridized carbons (Fsp3) is 0.211. The van der Waals surface area contributed by atoms with Crippen LogP contribution in [0.15, 0.2) is 59.4 Å². The van der Waals surface area contributed by atoms with Crippen LogP contribution < -0.4 is 10.9 Å². The molecule has 0 saturated heterocycles. The Morgan fingerprint density at radius 1 is 1.11 bits per heavy atom. The van der Waals surface area contributed by atoms with Crippen LogP contribution in [0.2, 0.25) is 0 Å². The first-order valence-corrected chi connectivity index (χ1v) is 8.32. The minimum atomic E-state index is -0.867. The summed E-state index contributed by atoms with van der Waals surface area (Å²) in [4.78, 5) is 36.8. The SMILES string of the molecule is COC(=O)[C@H](Cc1ccccc1)NC(=O)Cn1nnc2ccccc2c1=O. The van der Waals surface area contributed by atoms with Gasteiger partial charge in [0.05, 0.1) is 12.5 Å². The van der Waals surface area contributed by atoms with Crippen LogP contribution in [0.25, 0.3) is 10.9 Å². The molecule has 1 aromatic heterocycles. The Hall–Kier alpha value is -3.55. The summed E-state index contributed by atoms with van der Waals surface area (Å²) < 4.78 is 5.73. The van der Waals surface area contributed by atoms with Crippen molar-refractivity contribution in [3.05, 3.63) is 70.5 Å². The Kier molecular flexibility index (Phi) is 5.55. The van der Waals surface area contributed by atoms with Crippen molar-refractivity contribution < 1.29 is 14.3 Å². The molecular weight excluding hydrogens is 348 g/mol. The maximum atomic E-state index is 12.4. The summed E-state index contributed by atoms with van der Waals surface area (Å²) in [5.74, 6) is -1.10. The molecule has 8 nitrogen and oxygen atoms in total. The summed E-state index contributed by atoms with van der Waals surface area (Å²) in [5.41, 5.74) is 0.903. The molecule has 1 atom stereocenters. The molecule has 0 fully saturated rings. The number of esters is 1. The highest BCUT2D eigenvalue weighted by atomic mass is 16.5. The van der Waals surface area contributed by atoms with Crippen molar-refractivity contribution in [2.24, 2.45) is 0 Å². The van der Waals surface area contributed by atoms with Gasteiger partial charge in [-0.3, -0.25) is 9.59 Å². The predicted molar refractivity (Wildman–Crippen MR) is 97.9 cm³/mol. The molecule has 0 aliphatic heterocycles. The molecule has 1 heterocycles. The first-order chi connectivity index (χ1) is 13.1. The first-order valence-electron chi connectivity index (χ1n) is 8.32. The van der Waals surface area contributed by atoms with Crippen molar-refractivity contribution in [1.29, 1.82) is 0 Å². The number of amides is 1. The largest absolute Gasteiger partial charge is 0.467 e. The number of methoxy groups -OCH3 is 1. The second-order valence-electron chi connectivity index (χ2n) is 5.90. The van der Waals surface area contributed by atoms with Gasteiger partial charge in [0.25, 0.3) is 5.56 Å². The standard InChI is InChI=1S/C19H18N4O4/c1-27-19(26)16(11-13-7-3-2-4-8-13)20-17(24)12-23-18(25)14-9-5-6-10-15(14)21-22-23/h2-10,16H,11-12H2,1H3,(H,20,24)/t16-/m0/s1. The van der Waals surface area contributed by atoms with Gasteiger partial charge < -0.3 is 10.1 Å². The zero-order valence-electron chi connectivity index (χ0n) is 14.7.